The fraction of sp³-hybridized carbons (Fsp3) is 0.360. The van der Waals surface area contributed by atoms with Crippen molar-refractivity contribution in [3.8, 4) is 0 Å². The summed E-state index contributed by atoms with van der Waals surface area (Å²) < 4.78 is 5.29. The standard InChI is InChI=1S/C25H30N2O6/c1-2-9-21(24(30)31)27-23(29)19(16-33-25(32)18-12-7-4-8-13-18)15-22(28)20(26)14-17-10-5-3-6-11-17/h3-8,10-13,19-21H,2,9,14-16,26H2,1H3,(H,27,29)(H,30,31)/p+1/t19-,20-,21-/m0/s1. The smallest absolute Gasteiger partial charge is 0.338 e. The van der Waals surface area contributed by atoms with E-state index in [2.05, 4.69) is 11.1 Å². The van der Waals surface area contributed by atoms with Crippen LogP contribution in [0.15, 0.2) is 60.7 Å². The third-order valence-electron chi connectivity index (χ3n) is 5.22. The van der Waals surface area contributed by atoms with E-state index >= 15 is 0 Å². The number of nitrogens with one attached hydrogen (secondary N) is 1. The molecule has 0 unspecified atom stereocenters. The Balaban J connectivity index is 2.09. The first kappa shape index (κ1) is 25.7. The third-order valence-corrected chi connectivity index (χ3v) is 5.22. The lowest BCUT2D eigenvalue weighted by Gasteiger charge is -2.20. The van der Waals surface area contributed by atoms with Gasteiger partial charge in [0.1, 0.15) is 18.7 Å². The first-order valence-electron chi connectivity index (χ1n) is 11.0. The second kappa shape index (κ2) is 13.1. The topological polar surface area (TPSA) is 137 Å². The number of amides is 1. The lowest BCUT2D eigenvalue weighted by Crippen LogP contribution is -2.66. The van der Waals surface area contributed by atoms with E-state index in [9.17, 15) is 24.3 Å². The van der Waals surface area contributed by atoms with Crippen LogP contribution >= 0.6 is 0 Å². The van der Waals surface area contributed by atoms with E-state index < -0.39 is 35.8 Å². The molecule has 0 aromatic heterocycles. The van der Waals surface area contributed by atoms with Crippen molar-refractivity contribution in [2.24, 2.45) is 5.92 Å². The Bertz CT molecular complexity index is 932. The first-order valence-corrected chi connectivity index (χ1v) is 11.0. The monoisotopic (exact) mass is 455 g/mol. The molecule has 2 rings (SSSR count). The molecule has 3 atom stereocenters. The van der Waals surface area contributed by atoms with Gasteiger partial charge in [0.15, 0.2) is 5.78 Å². The van der Waals surface area contributed by atoms with E-state index in [4.69, 9.17) is 4.74 Å². The molecule has 8 heteroatoms. The number of carboxylic acid groups (broad SMARTS) is 1. The van der Waals surface area contributed by atoms with E-state index in [-0.39, 0.29) is 25.2 Å². The van der Waals surface area contributed by atoms with Crippen molar-refractivity contribution in [3.05, 3.63) is 71.8 Å². The summed E-state index contributed by atoms with van der Waals surface area (Å²) in [7, 11) is 0. The lowest BCUT2D eigenvalue weighted by molar-refractivity contribution is -0.402. The number of aliphatic carboxylic acids is 1. The highest BCUT2D eigenvalue weighted by molar-refractivity contribution is 5.92. The number of quaternary nitrogens is 1. The maximum Gasteiger partial charge on any atom is 0.338 e. The minimum absolute atomic E-state index is 0.215. The molecule has 0 radical (unpaired) electrons. The molecule has 0 aliphatic heterocycles. The van der Waals surface area contributed by atoms with Crippen LogP contribution in [-0.2, 0) is 25.5 Å². The Morgan fingerprint density at radius 2 is 1.61 bits per heavy atom. The number of ether oxygens (including phenoxy) is 1. The minimum Gasteiger partial charge on any atom is -0.480 e. The average molecular weight is 456 g/mol. The molecule has 2 aromatic carbocycles. The third kappa shape index (κ3) is 8.50. The number of hydrogen-bond donors (Lipinski definition) is 3. The Labute approximate surface area is 193 Å². The number of Topliss-reactive ketones (excluding diaryl/α,β-unsaturated/α-hetero) is 1. The van der Waals surface area contributed by atoms with Crippen molar-refractivity contribution >= 4 is 23.6 Å². The molecule has 33 heavy (non-hydrogen) atoms. The van der Waals surface area contributed by atoms with Gasteiger partial charge < -0.3 is 20.9 Å². The predicted molar refractivity (Wildman–Crippen MR) is 121 cm³/mol. The van der Waals surface area contributed by atoms with Gasteiger partial charge in [0.2, 0.25) is 5.91 Å². The summed E-state index contributed by atoms with van der Waals surface area (Å²) >= 11 is 0. The van der Waals surface area contributed by atoms with Crippen LogP contribution in [0.5, 0.6) is 0 Å². The largest absolute Gasteiger partial charge is 0.480 e. The number of carbonyl (C=O) groups excluding carboxylic acids is 3. The van der Waals surface area contributed by atoms with Gasteiger partial charge in [-0.2, -0.15) is 0 Å². The molecule has 5 N–H and O–H groups in total. The van der Waals surface area contributed by atoms with Crippen molar-refractivity contribution in [1.29, 1.82) is 0 Å². The normalized spacial score (nSPS) is 13.4. The van der Waals surface area contributed by atoms with Gasteiger partial charge in [-0.25, -0.2) is 9.59 Å². The van der Waals surface area contributed by atoms with Gasteiger partial charge in [0, 0.05) is 12.8 Å². The number of carbonyl (C=O) groups is 4. The fourth-order valence-electron chi connectivity index (χ4n) is 3.32. The summed E-state index contributed by atoms with van der Waals surface area (Å²) in [6, 6.07) is 16.0. The van der Waals surface area contributed by atoms with Gasteiger partial charge >= 0.3 is 11.9 Å². The SMILES string of the molecule is CCC[C@H](NC(=O)[C@H](COC(=O)c1ccccc1)CC(=O)[C@@H]([NH3+])Cc1ccccc1)C(=O)O. The van der Waals surface area contributed by atoms with Crippen LogP contribution in [0, 0.1) is 5.92 Å². The Morgan fingerprint density at radius 3 is 2.18 bits per heavy atom. The van der Waals surface area contributed by atoms with Crippen molar-refractivity contribution in [2.45, 2.75) is 44.7 Å². The molecule has 176 valence electrons. The Morgan fingerprint density at radius 1 is 1.00 bits per heavy atom. The number of hydrogen-bond acceptors (Lipinski definition) is 5. The number of benzene rings is 2. The number of carboxylic acids is 1. The molecule has 0 aliphatic carbocycles. The van der Waals surface area contributed by atoms with Gasteiger partial charge in [-0.05, 0) is 24.1 Å². The molecule has 0 fully saturated rings. The second-order valence-corrected chi connectivity index (χ2v) is 7.91. The molecule has 8 nitrogen and oxygen atoms in total. The van der Waals surface area contributed by atoms with E-state index in [0.717, 1.165) is 5.56 Å². The highest BCUT2D eigenvalue weighted by Crippen LogP contribution is 2.12. The summed E-state index contributed by atoms with van der Waals surface area (Å²) in [5.74, 6) is -3.71. The van der Waals surface area contributed by atoms with Crippen LogP contribution in [0.3, 0.4) is 0 Å². The van der Waals surface area contributed by atoms with Crippen molar-refractivity contribution in [3.63, 3.8) is 0 Å². The number of esters is 1. The van der Waals surface area contributed by atoms with Crippen LogP contribution in [0.25, 0.3) is 0 Å². The van der Waals surface area contributed by atoms with E-state index in [1.54, 1.807) is 30.3 Å². The predicted octanol–water partition coefficient (Wildman–Crippen LogP) is 1.64. The quantitative estimate of drug-likeness (QED) is 0.393. The summed E-state index contributed by atoms with van der Waals surface area (Å²) in [5, 5.41) is 11.8. The number of rotatable bonds is 13. The van der Waals surface area contributed by atoms with Crippen LogP contribution in [0.1, 0.15) is 42.1 Å². The van der Waals surface area contributed by atoms with E-state index in [1.807, 2.05) is 37.3 Å². The first-order chi connectivity index (χ1) is 15.8. The van der Waals surface area contributed by atoms with Crippen molar-refractivity contribution < 1.29 is 34.8 Å². The zero-order valence-electron chi connectivity index (χ0n) is 18.7. The van der Waals surface area contributed by atoms with Gasteiger partial charge in [-0.1, -0.05) is 61.9 Å². The van der Waals surface area contributed by atoms with Crippen LogP contribution in [0.2, 0.25) is 0 Å². The molecule has 0 saturated heterocycles. The zero-order chi connectivity index (χ0) is 24.2. The van der Waals surface area contributed by atoms with E-state index in [1.165, 1.54) is 0 Å². The zero-order valence-corrected chi connectivity index (χ0v) is 18.7. The van der Waals surface area contributed by atoms with E-state index in [0.29, 0.717) is 18.4 Å². The average Bonchev–Trinajstić information content (AvgIpc) is 2.82. The van der Waals surface area contributed by atoms with Gasteiger partial charge in [-0.3, -0.25) is 9.59 Å². The van der Waals surface area contributed by atoms with Gasteiger partial charge in [-0.15, -0.1) is 0 Å². The molecule has 0 heterocycles. The van der Waals surface area contributed by atoms with Crippen LogP contribution < -0.4 is 11.1 Å². The fourth-order valence-corrected chi connectivity index (χ4v) is 3.32. The van der Waals surface area contributed by atoms with Crippen LogP contribution in [-0.4, -0.2) is 47.4 Å². The summed E-state index contributed by atoms with van der Waals surface area (Å²) in [4.78, 5) is 49.5. The highest BCUT2D eigenvalue weighted by atomic mass is 16.5. The van der Waals surface area contributed by atoms with Gasteiger partial charge in [0.25, 0.3) is 0 Å². The Hall–Kier alpha value is -3.52. The molecular weight excluding hydrogens is 424 g/mol. The molecule has 2 aromatic rings. The molecule has 0 saturated carbocycles. The van der Waals surface area contributed by atoms with Gasteiger partial charge in [0.05, 0.1) is 11.5 Å². The van der Waals surface area contributed by atoms with Crippen molar-refractivity contribution in [1.82, 2.24) is 5.32 Å². The maximum atomic E-state index is 12.9. The Kier molecular flexibility index (Phi) is 10.2. The number of ketones is 1. The highest BCUT2D eigenvalue weighted by Gasteiger charge is 2.30. The minimum atomic E-state index is -1.16. The summed E-state index contributed by atoms with van der Waals surface area (Å²) in [6.45, 7) is 1.46. The molecule has 0 spiro atoms. The molecule has 1 amide bonds. The second-order valence-electron chi connectivity index (χ2n) is 7.91. The molecular formula is C25H31N2O6+. The summed E-state index contributed by atoms with van der Waals surface area (Å²) in [6.07, 6.45) is 0.998. The van der Waals surface area contributed by atoms with Crippen LogP contribution in [0.4, 0.5) is 0 Å². The molecule has 0 bridgehead atoms. The summed E-state index contributed by atoms with van der Waals surface area (Å²) in [5.41, 5.74) is 5.18. The molecule has 0 aliphatic rings. The maximum absolute atomic E-state index is 12.9. The lowest BCUT2D eigenvalue weighted by atomic mass is 9.94. The van der Waals surface area contributed by atoms with Crippen molar-refractivity contribution in [2.75, 3.05) is 6.61 Å².